The van der Waals surface area contributed by atoms with Gasteiger partial charge in [-0.3, -0.25) is 4.79 Å². The molecule has 1 amide bonds. The van der Waals surface area contributed by atoms with Crippen molar-refractivity contribution in [2.24, 2.45) is 5.92 Å². The normalized spacial score (nSPS) is 17.9. The molecule has 3 aromatic heterocycles. The van der Waals surface area contributed by atoms with Crippen molar-refractivity contribution in [1.29, 1.82) is 0 Å². The highest BCUT2D eigenvalue weighted by Gasteiger charge is 2.34. The Morgan fingerprint density at radius 2 is 2.20 bits per heavy atom. The summed E-state index contributed by atoms with van der Waals surface area (Å²) in [4.78, 5) is 16.7. The van der Waals surface area contributed by atoms with E-state index < -0.39 is 15.9 Å². The van der Waals surface area contributed by atoms with Crippen molar-refractivity contribution in [2.45, 2.75) is 37.4 Å². The van der Waals surface area contributed by atoms with Crippen LogP contribution in [-0.4, -0.2) is 41.9 Å². The van der Waals surface area contributed by atoms with Crippen LogP contribution < -0.4 is 5.32 Å². The molecule has 30 heavy (non-hydrogen) atoms. The van der Waals surface area contributed by atoms with Crippen molar-refractivity contribution in [1.82, 2.24) is 19.8 Å². The van der Waals surface area contributed by atoms with Crippen molar-refractivity contribution in [3.63, 3.8) is 0 Å². The van der Waals surface area contributed by atoms with Crippen molar-refractivity contribution >= 4 is 27.3 Å². The lowest BCUT2D eigenvalue weighted by Crippen LogP contribution is -2.45. The fourth-order valence-electron chi connectivity index (χ4n) is 3.39. The number of carbonyl (C=O) groups excluding carboxylic acids is 1. The van der Waals surface area contributed by atoms with Crippen LogP contribution in [0.2, 0.25) is 0 Å². The van der Waals surface area contributed by atoms with Crippen LogP contribution in [0.15, 0.2) is 36.7 Å². The maximum Gasteiger partial charge on any atom is 0.252 e. The fourth-order valence-corrected chi connectivity index (χ4v) is 6.22. The minimum Gasteiger partial charge on any atom is -0.465 e. The molecule has 1 fully saturated rings. The Bertz CT molecular complexity index is 1150. The van der Waals surface area contributed by atoms with Crippen LogP contribution in [0.4, 0.5) is 0 Å². The summed E-state index contributed by atoms with van der Waals surface area (Å²) in [5.74, 6) is 1.65. The standard InChI is InChI=1S/C19H22N4O5S2/c1-12-5-6-16(27-12)9-20-19(24)14-4-3-7-23(10-14)30(25,26)17-8-15(11-29-17)18-21-13(2)28-22-18/h5-6,8,11,14H,3-4,7,9-10H2,1-2H3,(H,20,24). The minimum absolute atomic E-state index is 0.153. The second-order valence-electron chi connectivity index (χ2n) is 7.22. The summed E-state index contributed by atoms with van der Waals surface area (Å²) < 4.78 is 38.2. The number of furan rings is 1. The molecule has 0 spiro atoms. The molecule has 0 bridgehead atoms. The Balaban J connectivity index is 1.43. The van der Waals surface area contributed by atoms with Gasteiger partial charge in [0, 0.05) is 31.0 Å². The molecule has 11 heteroatoms. The summed E-state index contributed by atoms with van der Waals surface area (Å²) in [5.41, 5.74) is 0.593. The second kappa shape index (κ2) is 8.32. The fraction of sp³-hybridized carbons (Fsp3) is 0.421. The Morgan fingerprint density at radius 1 is 1.37 bits per heavy atom. The predicted molar refractivity (Wildman–Crippen MR) is 109 cm³/mol. The van der Waals surface area contributed by atoms with Crippen molar-refractivity contribution in [3.05, 3.63) is 41.0 Å². The molecule has 1 N–H and O–H groups in total. The number of thiophene rings is 1. The highest BCUT2D eigenvalue weighted by molar-refractivity contribution is 7.91. The highest BCUT2D eigenvalue weighted by Crippen LogP contribution is 2.31. The number of nitrogens with zero attached hydrogens (tertiary/aromatic N) is 3. The van der Waals surface area contributed by atoms with Crippen LogP contribution in [0.25, 0.3) is 11.4 Å². The van der Waals surface area contributed by atoms with Gasteiger partial charge in [-0.05, 0) is 38.0 Å². The van der Waals surface area contributed by atoms with Gasteiger partial charge < -0.3 is 14.3 Å². The molecule has 1 aliphatic heterocycles. The quantitative estimate of drug-likeness (QED) is 0.613. The molecule has 4 heterocycles. The lowest BCUT2D eigenvalue weighted by molar-refractivity contribution is -0.126. The molecule has 0 aromatic carbocycles. The Hall–Kier alpha value is -2.50. The summed E-state index contributed by atoms with van der Waals surface area (Å²) >= 11 is 1.11. The van der Waals surface area contributed by atoms with Crippen LogP contribution in [0.5, 0.6) is 0 Å². The number of hydrogen-bond acceptors (Lipinski definition) is 8. The summed E-state index contributed by atoms with van der Waals surface area (Å²) in [6.07, 6.45) is 1.27. The second-order valence-corrected chi connectivity index (χ2v) is 10.3. The molecule has 9 nitrogen and oxygen atoms in total. The van der Waals surface area contributed by atoms with Gasteiger partial charge in [-0.2, -0.15) is 9.29 Å². The van der Waals surface area contributed by atoms with E-state index >= 15 is 0 Å². The van der Waals surface area contributed by atoms with E-state index in [1.807, 2.05) is 19.1 Å². The van der Waals surface area contributed by atoms with E-state index in [2.05, 4.69) is 15.5 Å². The van der Waals surface area contributed by atoms with E-state index in [9.17, 15) is 13.2 Å². The van der Waals surface area contributed by atoms with Gasteiger partial charge in [0.25, 0.3) is 10.0 Å². The zero-order valence-corrected chi connectivity index (χ0v) is 18.3. The van der Waals surface area contributed by atoms with Crippen molar-refractivity contribution in [3.8, 4) is 11.4 Å². The van der Waals surface area contributed by atoms with E-state index in [0.29, 0.717) is 42.4 Å². The molecule has 160 valence electrons. The average Bonchev–Trinajstić information content (AvgIpc) is 3.47. The number of aryl methyl sites for hydroxylation is 2. The molecule has 1 aliphatic rings. The topological polar surface area (TPSA) is 119 Å². The van der Waals surface area contributed by atoms with Gasteiger partial charge in [0.15, 0.2) is 0 Å². The maximum absolute atomic E-state index is 13.1. The van der Waals surface area contributed by atoms with Crippen LogP contribution >= 0.6 is 11.3 Å². The van der Waals surface area contributed by atoms with E-state index in [0.717, 1.165) is 17.1 Å². The molecule has 4 rings (SSSR count). The minimum atomic E-state index is -3.71. The molecular weight excluding hydrogens is 428 g/mol. The van der Waals surface area contributed by atoms with Gasteiger partial charge >= 0.3 is 0 Å². The van der Waals surface area contributed by atoms with Crippen molar-refractivity contribution < 1.29 is 22.2 Å². The third-order valence-corrected chi connectivity index (χ3v) is 8.22. The first-order valence-electron chi connectivity index (χ1n) is 9.55. The third-order valence-electron chi connectivity index (χ3n) is 4.94. The largest absolute Gasteiger partial charge is 0.465 e. The van der Waals surface area contributed by atoms with E-state index in [1.54, 1.807) is 18.4 Å². The number of sulfonamides is 1. The first-order chi connectivity index (χ1) is 14.3. The molecule has 1 atom stereocenters. The maximum atomic E-state index is 13.1. The van der Waals surface area contributed by atoms with E-state index in [-0.39, 0.29) is 23.2 Å². The summed E-state index contributed by atoms with van der Waals surface area (Å²) in [7, 11) is -3.71. The Kier molecular flexibility index (Phi) is 5.76. The molecule has 0 saturated carbocycles. The van der Waals surface area contributed by atoms with E-state index in [4.69, 9.17) is 8.94 Å². The highest BCUT2D eigenvalue weighted by atomic mass is 32.2. The summed E-state index contributed by atoms with van der Waals surface area (Å²) in [6.45, 7) is 4.34. The monoisotopic (exact) mass is 450 g/mol. The summed E-state index contributed by atoms with van der Waals surface area (Å²) in [6, 6.07) is 5.20. The smallest absolute Gasteiger partial charge is 0.252 e. The first kappa shape index (κ1) is 20.8. The lowest BCUT2D eigenvalue weighted by atomic mass is 9.99. The first-order valence-corrected chi connectivity index (χ1v) is 11.9. The Morgan fingerprint density at radius 3 is 2.90 bits per heavy atom. The van der Waals surface area contributed by atoms with Crippen molar-refractivity contribution in [2.75, 3.05) is 13.1 Å². The molecule has 1 saturated heterocycles. The molecule has 3 aromatic rings. The number of amides is 1. The number of rotatable bonds is 6. The van der Waals surface area contributed by atoms with Gasteiger partial charge in [0.05, 0.1) is 12.5 Å². The predicted octanol–water partition coefficient (Wildman–Crippen LogP) is 2.73. The van der Waals surface area contributed by atoms with Gasteiger partial charge in [0.2, 0.25) is 17.6 Å². The van der Waals surface area contributed by atoms with Crippen LogP contribution in [0, 0.1) is 19.8 Å². The number of piperidine rings is 1. The van der Waals surface area contributed by atoms with Crippen LogP contribution in [0.1, 0.15) is 30.3 Å². The molecular formula is C19H22N4O5S2. The number of aromatic nitrogens is 2. The summed E-state index contributed by atoms with van der Waals surface area (Å²) in [5, 5.41) is 8.36. The number of hydrogen-bond donors (Lipinski definition) is 1. The SMILES string of the molecule is Cc1ccc(CNC(=O)C2CCCN(S(=O)(=O)c3cc(-c4noc(C)n4)cs3)C2)o1. The Labute approximate surface area is 178 Å². The zero-order chi connectivity index (χ0) is 21.3. The van der Waals surface area contributed by atoms with Gasteiger partial charge in [-0.15, -0.1) is 11.3 Å². The third kappa shape index (κ3) is 4.32. The van der Waals surface area contributed by atoms with Crippen LogP contribution in [-0.2, 0) is 21.4 Å². The van der Waals surface area contributed by atoms with E-state index in [1.165, 1.54) is 4.31 Å². The van der Waals surface area contributed by atoms with Crippen LogP contribution in [0.3, 0.4) is 0 Å². The van der Waals surface area contributed by atoms with Gasteiger partial charge in [0.1, 0.15) is 15.7 Å². The average molecular weight is 451 g/mol. The lowest BCUT2D eigenvalue weighted by Gasteiger charge is -2.30. The van der Waals surface area contributed by atoms with Gasteiger partial charge in [-0.25, -0.2) is 8.42 Å². The molecule has 1 unspecified atom stereocenters. The number of carbonyl (C=O) groups is 1. The molecule has 0 radical (unpaired) electrons. The molecule has 0 aliphatic carbocycles. The zero-order valence-electron chi connectivity index (χ0n) is 16.6. The van der Waals surface area contributed by atoms with Gasteiger partial charge in [-0.1, -0.05) is 5.16 Å². The number of nitrogens with one attached hydrogen (secondary N) is 1.